The molecule has 2 aromatic heterocycles. The third kappa shape index (κ3) is 2.34. The average molecular weight is 304 g/mol. The first-order valence-electron chi connectivity index (χ1n) is 6.25. The smallest absolute Gasteiger partial charge is 0.376 e. The highest BCUT2D eigenvalue weighted by molar-refractivity contribution is 6.67. The first-order chi connectivity index (χ1) is 10.1. The molecule has 0 unspecified atom stereocenters. The molecule has 21 heavy (non-hydrogen) atoms. The second-order valence-electron chi connectivity index (χ2n) is 4.34. The third-order valence-electron chi connectivity index (χ3n) is 3.02. The molecule has 106 valence electrons. The number of benzene rings is 1. The van der Waals surface area contributed by atoms with E-state index in [2.05, 4.69) is 15.0 Å². The van der Waals surface area contributed by atoms with Crippen molar-refractivity contribution in [3.05, 3.63) is 35.8 Å². The summed E-state index contributed by atoms with van der Waals surface area (Å²) < 4.78 is 4.88. The van der Waals surface area contributed by atoms with Crippen LogP contribution in [-0.2, 0) is 4.74 Å². The Morgan fingerprint density at radius 1 is 1.33 bits per heavy atom. The van der Waals surface area contributed by atoms with E-state index in [9.17, 15) is 9.59 Å². The first-order valence-corrected chi connectivity index (χ1v) is 6.63. The number of fused-ring (bicyclic) bond motifs is 3. The number of H-pyrrole nitrogens is 1. The van der Waals surface area contributed by atoms with Gasteiger partial charge in [-0.25, -0.2) is 14.8 Å². The molecule has 0 saturated carbocycles. The van der Waals surface area contributed by atoms with Gasteiger partial charge in [-0.2, -0.15) is 0 Å². The lowest BCUT2D eigenvalue weighted by atomic mass is 10.1. The molecule has 3 aromatic rings. The summed E-state index contributed by atoms with van der Waals surface area (Å²) in [4.78, 5) is 34.2. The van der Waals surface area contributed by atoms with E-state index in [0.717, 1.165) is 5.52 Å². The number of ether oxygens (including phenoxy) is 1. The van der Waals surface area contributed by atoms with Crippen molar-refractivity contribution in [1.82, 2.24) is 15.0 Å². The number of carbonyl (C=O) groups excluding carboxylic acids is 2. The zero-order chi connectivity index (χ0) is 15.0. The fourth-order valence-corrected chi connectivity index (χ4v) is 2.21. The first kappa shape index (κ1) is 13.5. The molecule has 0 saturated heterocycles. The van der Waals surface area contributed by atoms with E-state index in [-0.39, 0.29) is 12.4 Å². The second kappa shape index (κ2) is 5.14. The van der Waals surface area contributed by atoms with Crippen LogP contribution in [0, 0.1) is 0 Å². The predicted molar refractivity (Wildman–Crippen MR) is 77.5 cm³/mol. The Hall–Kier alpha value is -2.47. The lowest BCUT2D eigenvalue weighted by Gasteiger charge is -2.00. The Morgan fingerprint density at radius 3 is 2.86 bits per heavy atom. The Bertz CT molecular complexity index is 872. The molecule has 3 rings (SSSR count). The summed E-state index contributed by atoms with van der Waals surface area (Å²) in [5.41, 5.74) is 2.35. The van der Waals surface area contributed by atoms with Crippen molar-refractivity contribution >= 4 is 44.7 Å². The summed E-state index contributed by atoms with van der Waals surface area (Å²) >= 11 is 5.49. The number of nitrogens with zero attached hydrogens (tertiary/aromatic N) is 2. The molecule has 2 heterocycles. The van der Waals surface area contributed by atoms with Gasteiger partial charge in [-0.1, -0.05) is 0 Å². The molecule has 0 atom stereocenters. The molecule has 0 spiro atoms. The van der Waals surface area contributed by atoms with Gasteiger partial charge in [0.05, 0.1) is 18.3 Å². The Morgan fingerprint density at radius 2 is 2.14 bits per heavy atom. The fraction of sp³-hybridized carbons (Fsp3) is 0.143. The van der Waals surface area contributed by atoms with E-state index in [0.29, 0.717) is 22.0 Å². The van der Waals surface area contributed by atoms with Crippen LogP contribution in [0.1, 0.15) is 27.9 Å². The van der Waals surface area contributed by atoms with Crippen LogP contribution in [0.4, 0.5) is 0 Å². The number of hydrogen-bond acceptors (Lipinski definition) is 5. The van der Waals surface area contributed by atoms with Crippen molar-refractivity contribution < 1.29 is 14.3 Å². The van der Waals surface area contributed by atoms with Gasteiger partial charge in [0, 0.05) is 16.5 Å². The van der Waals surface area contributed by atoms with Gasteiger partial charge in [-0.3, -0.25) is 4.79 Å². The van der Waals surface area contributed by atoms with Crippen molar-refractivity contribution in [2.24, 2.45) is 0 Å². The van der Waals surface area contributed by atoms with Crippen LogP contribution in [0.15, 0.2) is 24.4 Å². The molecule has 0 fully saturated rings. The number of esters is 1. The molecular weight excluding hydrogens is 294 g/mol. The zero-order valence-corrected chi connectivity index (χ0v) is 11.8. The van der Waals surface area contributed by atoms with Crippen LogP contribution in [0.3, 0.4) is 0 Å². The zero-order valence-electron chi connectivity index (χ0n) is 11.0. The number of aromatic nitrogens is 3. The van der Waals surface area contributed by atoms with Crippen molar-refractivity contribution in [2.75, 3.05) is 6.61 Å². The van der Waals surface area contributed by atoms with E-state index in [1.54, 1.807) is 25.1 Å². The van der Waals surface area contributed by atoms with Gasteiger partial charge in [0.1, 0.15) is 5.52 Å². The number of nitrogens with one attached hydrogen (secondary N) is 1. The predicted octanol–water partition coefficient (Wildman–Crippen LogP) is 2.67. The van der Waals surface area contributed by atoms with Gasteiger partial charge in [0.15, 0.2) is 0 Å². The van der Waals surface area contributed by atoms with Crippen LogP contribution in [-0.4, -0.2) is 32.8 Å². The highest BCUT2D eigenvalue weighted by atomic mass is 35.5. The van der Waals surface area contributed by atoms with Crippen molar-refractivity contribution in [2.45, 2.75) is 6.92 Å². The summed E-state index contributed by atoms with van der Waals surface area (Å²) in [5.74, 6) is -0.605. The normalized spacial score (nSPS) is 11.0. The second-order valence-corrected chi connectivity index (χ2v) is 4.68. The number of rotatable bonds is 3. The molecule has 0 bridgehead atoms. The van der Waals surface area contributed by atoms with Gasteiger partial charge < -0.3 is 9.72 Å². The van der Waals surface area contributed by atoms with Gasteiger partial charge in [-0.15, -0.1) is 0 Å². The fourth-order valence-electron chi connectivity index (χ4n) is 2.09. The van der Waals surface area contributed by atoms with Crippen LogP contribution < -0.4 is 0 Å². The van der Waals surface area contributed by atoms with Gasteiger partial charge in [0.2, 0.25) is 5.82 Å². The molecule has 0 aliphatic carbocycles. The largest absolute Gasteiger partial charge is 0.460 e. The maximum absolute atomic E-state index is 11.7. The Labute approximate surface area is 124 Å². The quantitative estimate of drug-likeness (QED) is 0.594. The van der Waals surface area contributed by atoms with Crippen LogP contribution in [0.2, 0.25) is 0 Å². The molecule has 0 radical (unpaired) electrons. The third-order valence-corrected chi connectivity index (χ3v) is 3.24. The Balaban J connectivity index is 2.22. The monoisotopic (exact) mass is 303 g/mol. The molecule has 1 N–H and O–H groups in total. The van der Waals surface area contributed by atoms with Crippen molar-refractivity contribution in [3.63, 3.8) is 0 Å². The molecule has 6 nitrogen and oxygen atoms in total. The minimum atomic E-state index is -0.585. The highest BCUT2D eigenvalue weighted by Gasteiger charge is 2.14. The maximum Gasteiger partial charge on any atom is 0.376 e. The minimum absolute atomic E-state index is 0.0205. The van der Waals surface area contributed by atoms with Gasteiger partial charge in [-0.05, 0) is 36.7 Å². The van der Waals surface area contributed by atoms with Crippen LogP contribution in [0.5, 0.6) is 0 Å². The topological polar surface area (TPSA) is 84.9 Å². The summed E-state index contributed by atoms with van der Waals surface area (Å²) in [7, 11) is 0. The number of carbonyl (C=O) groups is 2. The molecule has 0 amide bonds. The van der Waals surface area contributed by atoms with E-state index < -0.39 is 11.2 Å². The highest BCUT2D eigenvalue weighted by Crippen LogP contribution is 2.25. The standard InChI is InChI=1S/C14H10ClN3O3/c1-2-21-14(20)13-16-6-10-11(18-13)8-5-7(12(15)19)3-4-9(8)17-10/h3-6,17H,2H2,1H3. The molecule has 7 heteroatoms. The maximum atomic E-state index is 11.7. The van der Waals surface area contributed by atoms with Crippen molar-refractivity contribution in [3.8, 4) is 0 Å². The molecule has 0 aliphatic rings. The summed E-state index contributed by atoms with van der Waals surface area (Å²) in [6, 6.07) is 4.98. The number of hydrogen-bond donors (Lipinski definition) is 1. The van der Waals surface area contributed by atoms with Crippen molar-refractivity contribution in [1.29, 1.82) is 0 Å². The summed E-state index contributed by atoms with van der Waals surface area (Å²) in [6.45, 7) is 1.96. The lowest BCUT2D eigenvalue weighted by molar-refractivity contribution is 0.0512. The Kier molecular flexibility index (Phi) is 3.31. The molecule has 1 aromatic carbocycles. The van der Waals surface area contributed by atoms with E-state index in [1.807, 2.05) is 0 Å². The molecule has 0 aliphatic heterocycles. The van der Waals surface area contributed by atoms with Gasteiger partial charge >= 0.3 is 5.97 Å². The summed E-state index contributed by atoms with van der Waals surface area (Å²) in [6.07, 6.45) is 1.51. The van der Waals surface area contributed by atoms with E-state index >= 15 is 0 Å². The SMILES string of the molecule is CCOC(=O)c1ncc2[nH]c3ccc(C(=O)Cl)cc3c2n1. The molecular formula is C14H10ClN3O3. The van der Waals surface area contributed by atoms with Crippen LogP contribution in [0.25, 0.3) is 21.9 Å². The van der Waals surface area contributed by atoms with E-state index in [1.165, 1.54) is 6.20 Å². The van der Waals surface area contributed by atoms with E-state index in [4.69, 9.17) is 16.3 Å². The number of halogens is 1. The summed E-state index contributed by atoms with van der Waals surface area (Å²) in [5, 5.41) is 0.148. The number of aromatic amines is 1. The van der Waals surface area contributed by atoms with Gasteiger partial charge in [0.25, 0.3) is 5.24 Å². The average Bonchev–Trinajstić information content (AvgIpc) is 2.84. The van der Waals surface area contributed by atoms with Crippen LogP contribution >= 0.6 is 11.6 Å². The minimum Gasteiger partial charge on any atom is -0.460 e. The lowest BCUT2D eigenvalue weighted by Crippen LogP contribution is -2.09.